The lowest BCUT2D eigenvalue weighted by molar-refractivity contribution is 0.0498. The summed E-state index contributed by atoms with van der Waals surface area (Å²) in [6.45, 7) is 6.95. The van der Waals surface area contributed by atoms with E-state index in [2.05, 4.69) is 17.9 Å². The predicted octanol–water partition coefficient (Wildman–Crippen LogP) is 2.36. The Morgan fingerprint density at radius 1 is 1.70 bits per heavy atom. The third-order valence-corrected chi connectivity index (χ3v) is 0.996. The quantitative estimate of drug-likeness (QED) is 0.439. The van der Waals surface area contributed by atoms with Gasteiger partial charge in [-0.2, -0.15) is 0 Å². The Labute approximate surface area is 59.0 Å². The van der Waals surface area contributed by atoms with Gasteiger partial charge in [0.1, 0.15) is 6.61 Å². The van der Waals surface area contributed by atoms with Crippen LogP contribution < -0.4 is 0 Å². The van der Waals surface area contributed by atoms with Gasteiger partial charge in [-0.15, -0.1) is 0 Å². The molecular formula is C7H10F2O. The molecule has 58 valence electrons. The molecule has 0 aromatic heterocycles. The predicted molar refractivity (Wildman–Crippen MR) is 35.9 cm³/mol. The minimum Gasteiger partial charge on any atom is -0.497 e. The molecule has 0 radical (unpaired) electrons. The van der Waals surface area contributed by atoms with Crippen molar-refractivity contribution in [3.8, 4) is 0 Å². The summed E-state index contributed by atoms with van der Waals surface area (Å²) in [6.07, 6.45) is 1.11. The third-order valence-electron chi connectivity index (χ3n) is 0.996. The van der Waals surface area contributed by atoms with Gasteiger partial charge in [0.2, 0.25) is 0 Å². The highest BCUT2D eigenvalue weighted by molar-refractivity contribution is 5.05. The highest BCUT2D eigenvalue weighted by Gasteiger charge is 2.25. The van der Waals surface area contributed by atoms with E-state index < -0.39 is 5.92 Å². The van der Waals surface area contributed by atoms with Crippen molar-refractivity contribution in [1.82, 2.24) is 0 Å². The largest absolute Gasteiger partial charge is 0.497 e. The molecule has 0 saturated carbocycles. The minimum atomic E-state index is -2.86. The van der Waals surface area contributed by atoms with Crippen LogP contribution in [0.5, 0.6) is 0 Å². The number of alkyl halides is 2. The summed E-state index contributed by atoms with van der Waals surface area (Å²) < 4.78 is 29.0. The van der Waals surface area contributed by atoms with Crippen LogP contribution in [0.25, 0.3) is 0 Å². The second-order valence-electron chi connectivity index (χ2n) is 1.97. The van der Waals surface area contributed by atoms with E-state index in [4.69, 9.17) is 0 Å². The van der Waals surface area contributed by atoms with Crippen molar-refractivity contribution in [3.05, 3.63) is 25.0 Å². The van der Waals surface area contributed by atoms with Gasteiger partial charge in [0, 0.05) is 12.5 Å². The zero-order chi connectivity index (χ0) is 8.20. The smallest absolute Gasteiger partial charge is 0.269 e. The third kappa shape index (κ3) is 3.22. The molecule has 0 aliphatic carbocycles. The topological polar surface area (TPSA) is 9.23 Å². The van der Waals surface area contributed by atoms with Gasteiger partial charge in [-0.05, 0) is 0 Å². The molecule has 1 nitrogen and oxygen atoms in total. The molecule has 0 bridgehead atoms. The zero-order valence-electron chi connectivity index (χ0n) is 5.86. The molecule has 0 amide bonds. The molecule has 0 aromatic carbocycles. The van der Waals surface area contributed by atoms with Gasteiger partial charge in [0.15, 0.2) is 0 Å². The standard InChI is InChI=1S/C7H10F2O/c1-4-10-5-6(2)7(3,8)9/h4H,1-2,5H2,3H3. The molecule has 0 atom stereocenters. The van der Waals surface area contributed by atoms with E-state index in [-0.39, 0.29) is 12.2 Å². The molecule has 0 aliphatic heterocycles. The van der Waals surface area contributed by atoms with E-state index in [1.165, 1.54) is 0 Å². The van der Waals surface area contributed by atoms with E-state index in [1.54, 1.807) is 0 Å². The maximum absolute atomic E-state index is 12.2. The van der Waals surface area contributed by atoms with Gasteiger partial charge in [0.25, 0.3) is 5.92 Å². The average molecular weight is 148 g/mol. The molecule has 0 aliphatic rings. The van der Waals surface area contributed by atoms with Crippen LogP contribution in [-0.4, -0.2) is 12.5 Å². The van der Waals surface area contributed by atoms with E-state index >= 15 is 0 Å². The number of halogens is 2. The van der Waals surface area contributed by atoms with Crippen LogP contribution in [0.1, 0.15) is 6.92 Å². The molecule has 0 unspecified atom stereocenters. The summed E-state index contributed by atoms with van der Waals surface area (Å²) in [5, 5.41) is 0. The molecule has 0 spiro atoms. The monoisotopic (exact) mass is 148 g/mol. The highest BCUT2D eigenvalue weighted by atomic mass is 19.3. The minimum absolute atomic E-state index is 0.174. The normalized spacial score (nSPS) is 10.7. The van der Waals surface area contributed by atoms with E-state index in [1.807, 2.05) is 0 Å². The summed E-state index contributed by atoms with van der Waals surface area (Å²) in [7, 11) is 0. The summed E-state index contributed by atoms with van der Waals surface area (Å²) >= 11 is 0. The Hall–Kier alpha value is -0.860. The van der Waals surface area contributed by atoms with Crippen molar-refractivity contribution < 1.29 is 13.5 Å². The van der Waals surface area contributed by atoms with Crippen LogP contribution in [0, 0.1) is 0 Å². The molecule has 3 heteroatoms. The van der Waals surface area contributed by atoms with Crippen LogP contribution in [0.2, 0.25) is 0 Å². The first-order valence-corrected chi connectivity index (χ1v) is 2.77. The maximum atomic E-state index is 12.2. The van der Waals surface area contributed by atoms with Crippen molar-refractivity contribution in [2.24, 2.45) is 0 Å². The molecular weight excluding hydrogens is 138 g/mol. The number of rotatable bonds is 4. The van der Waals surface area contributed by atoms with Crippen LogP contribution in [-0.2, 0) is 4.74 Å². The van der Waals surface area contributed by atoms with E-state index in [0.717, 1.165) is 13.2 Å². The fourth-order valence-corrected chi connectivity index (χ4v) is 0.286. The van der Waals surface area contributed by atoms with Gasteiger partial charge < -0.3 is 4.74 Å². The van der Waals surface area contributed by atoms with E-state index in [0.29, 0.717) is 0 Å². The summed E-state index contributed by atoms with van der Waals surface area (Å²) in [5.41, 5.74) is -0.243. The first kappa shape index (κ1) is 9.14. The van der Waals surface area contributed by atoms with E-state index in [9.17, 15) is 8.78 Å². The van der Waals surface area contributed by atoms with Crippen LogP contribution in [0.4, 0.5) is 8.78 Å². The van der Waals surface area contributed by atoms with Crippen LogP contribution in [0.15, 0.2) is 25.0 Å². The fourth-order valence-electron chi connectivity index (χ4n) is 0.286. The SMILES string of the molecule is C=COCC(=C)C(C)(F)F. The molecule has 0 aromatic rings. The lowest BCUT2D eigenvalue weighted by Crippen LogP contribution is -2.16. The Bertz CT molecular complexity index is 135. The lowest BCUT2D eigenvalue weighted by Gasteiger charge is -2.12. The van der Waals surface area contributed by atoms with Crippen molar-refractivity contribution in [1.29, 1.82) is 0 Å². The Morgan fingerprint density at radius 2 is 2.20 bits per heavy atom. The number of ether oxygens (including phenoxy) is 1. The van der Waals surface area contributed by atoms with Crippen LogP contribution >= 0.6 is 0 Å². The Balaban J connectivity index is 3.74. The summed E-state index contributed by atoms with van der Waals surface area (Å²) in [4.78, 5) is 0. The first-order valence-electron chi connectivity index (χ1n) is 2.77. The van der Waals surface area contributed by atoms with Gasteiger partial charge in [-0.1, -0.05) is 13.2 Å². The second kappa shape index (κ2) is 3.34. The molecule has 0 fully saturated rings. The fraction of sp³-hybridized carbons (Fsp3) is 0.429. The highest BCUT2D eigenvalue weighted by Crippen LogP contribution is 2.21. The molecule has 0 N–H and O–H groups in total. The second-order valence-corrected chi connectivity index (χ2v) is 1.97. The number of hydrogen-bond donors (Lipinski definition) is 0. The van der Waals surface area contributed by atoms with Gasteiger partial charge >= 0.3 is 0 Å². The average Bonchev–Trinajstić information content (AvgIpc) is 1.80. The van der Waals surface area contributed by atoms with Gasteiger partial charge in [-0.25, -0.2) is 8.78 Å². The maximum Gasteiger partial charge on any atom is 0.269 e. The molecule has 0 heterocycles. The Kier molecular flexibility index (Phi) is 3.06. The Morgan fingerprint density at radius 3 is 2.50 bits per heavy atom. The lowest BCUT2D eigenvalue weighted by atomic mass is 10.2. The summed E-state index contributed by atoms with van der Waals surface area (Å²) in [6, 6.07) is 0. The van der Waals surface area contributed by atoms with Crippen LogP contribution in [0.3, 0.4) is 0 Å². The van der Waals surface area contributed by atoms with Gasteiger partial charge in [-0.3, -0.25) is 0 Å². The molecule has 10 heavy (non-hydrogen) atoms. The van der Waals surface area contributed by atoms with Crippen molar-refractivity contribution in [3.63, 3.8) is 0 Å². The first-order chi connectivity index (χ1) is 4.48. The van der Waals surface area contributed by atoms with Crippen molar-refractivity contribution >= 4 is 0 Å². The number of hydrogen-bond acceptors (Lipinski definition) is 1. The molecule has 0 rings (SSSR count). The van der Waals surface area contributed by atoms with Crippen molar-refractivity contribution in [2.45, 2.75) is 12.8 Å². The molecule has 0 saturated heterocycles. The van der Waals surface area contributed by atoms with Gasteiger partial charge in [0.05, 0.1) is 6.26 Å². The zero-order valence-corrected chi connectivity index (χ0v) is 5.86. The van der Waals surface area contributed by atoms with Crippen molar-refractivity contribution in [2.75, 3.05) is 6.61 Å². The summed E-state index contributed by atoms with van der Waals surface area (Å²) in [5.74, 6) is -2.86.